The molecule has 5 aromatic heterocycles. The van der Waals surface area contributed by atoms with Gasteiger partial charge < -0.3 is 18.2 Å². The first-order valence-electron chi connectivity index (χ1n) is 8.61. The second kappa shape index (κ2) is 36.5. The second-order valence-corrected chi connectivity index (χ2v) is 9.62. The largest absolute Gasteiger partial charge is 0.581 e. The van der Waals surface area contributed by atoms with Crippen molar-refractivity contribution in [1.82, 2.24) is 24.9 Å². The molecular formula is C23H31Cl4N5O3Zn2. The maximum atomic E-state index is 5.43. The van der Waals surface area contributed by atoms with Gasteiger partial charge in [-0.3, -0.25) is 4.98 Å². The third-order valence-corrected chi connectivity index (χ3v) is 2.82. The fourth-order valence-electron chi connectivity index (χ4n) is 1.51. The summed E-state index contributed by atoms with van der Waals surface area (Å²) in [6, 6.07) is 11.0. The van der Waals surface area contributed by atoms with Crippen molar-refractivity contribution in [3.05, 3.63) is 104 Å². The van der Waals surface area contributed by atoms with Gasteiger partial charge in [-0.25, -0.2) is 15.0 Å². The molecule has 14 heteroatoms. The fourth-order valence-corrected chi connectivity index (χ4v) is 1.64. The van der Waals surface area contributed by atoms with Crippen LogP contribution in [0.15, 0.2) is 106 Å². The minimum absolute atomic E-state index is 0. The van der Waals surface area contributed by atoms with Gasteiger partial charge in [0.05, 0.1) is 12.4 Å². The van der Waals surface area contributed by atoms with Crippen molar-refractivity contribution < 1.29 is 45.7 Å². The maximum absolute atomic E-state index is 5.43. The average molecular weight is 698 g/mol. The van der Waals surface area contributed by atoms with Crippen LogP contribution in [0.5, 0.6) is 0 Å². The zero-order chi connectivity index (χ0) is 24.4. The minimum atomic E-state index is -0.931. The Morgan fingerprint density at radius 3 is 1.68 bits per heavy atom. The SMILES string of the molecule is C.C.C.C.Clc1ccccn1.[Cl][Zn+].[Cl][Zn][Cl].[c-]1ncco1.c1ccc(-c2ncco2)nc1.c1cocn1. The Labute approximate surface area is 255 Å². The smallest absolute Gasteiger partial charge is 0.244 e. The summed E-state index contributed by atoms with van der Waals surface area (Å²) in [6.45, 7) is 0. The topological polar surface area (TPSA) is 104 Å². The van der Waals surface area contributed by atoms with E-state index in [1.165, 1.54) is 31.4 Å². The van der Waals surface area contributed by atoms with Crippen LogP contribution in [-0.2, 0) is 32.5 Å². The van der Waals surface area contributed by atoms with E-state index in [0.29, 0.717) is 11.0 Å². The molecule has 0 amide bonds. The Bertz CT molecular complexity index is 896. The first-order valence-corrected chi connectivity index (χ1v) is 20.7. The van der Waals surface area contributed by atoms with Crippen LogP contribution in [0, 0.1) is 6.39 Å². The second-order valence-electron chi connectivity index (χ2n) is 4.60. The van der Waals surface area contributed by atoms with Crippen molar-refractivity contribution in [3.8, 4) is 11.6 Å². The predicted molar refractivity (Wildman–Crippen MR) is 145 cm³/mol. The van der Waals surface area contributed by atoms with Crippen molar-refractivity contribution in [3.63, 3.8) is 0 Å². The monoisotopic (exact) mass is 693 g/mol. The van der Waals surface area contributed by atoms with Gasteiger partial charge in [-0.2, -0.15) is 0 Å². The van der Waals surface area contributed by atoms with Gasteiger partial charge in [-0.1, -0.05) is 59.6 Å². The molecule has 5 rings (SSSR count). The van der Waals surface area contributed by atoms with Gasteiger partial charge in [0, 0.05) is 12.4 Å². The molecule has 0 aliphatic carbocycles. The molecule has 198 valence electrons. The van der Waals surface area contributed by atoms with E-state index in [4.69, 9.17) is 45.1 Å². The molecular weight excluding hydrogens is 667 g/mol. The number of rotatable bonds is 1. The molecule has 0 atom stereocenters. The quantitative estimate of drug-likeness (QED) is 0.0970. The molecule has 8 nitrogen and oxygen atoms in total. The first kappa shape index (κ1) is 45.3. The van der Waals surface area contributed by atoms with Gasteiger partial charge in [0.2, 0.25) is 5.89 Å². The van der Waals surface area contributed by atoms with Gasteiger partial charge in [-0.15, -0.1) is 0 Å². The summed E-state index contributed by atoms with van der Waals surface area (Å²) in [5, 5.41) is 0.544. The zero-order valence-corrected chi connectivity index (χ0v) is 26.0. The molecule has 0 aromatic carbocycles. The summed E-state index contributed by atoms with van der Waals surface area (Å²) in [7, 11) is 14.7. The number of hydrogen-bond acceptors (Lipinski definition) is 8. The van der Waals surface area contributed by atoms with Crippen LogP contribution in [0.4, 0.5) is 0 Å². The number of halogens is 4. The van der Waals surface area contributed by atoms with E-state index in [1.54, 1.807) is 30.9 Å². The minimum Gasteiger partial charge on any atom is -0.581 e. The van der Waals surface area contributed by atoms with E-state index in [1.807, 2.05) is 30.3 Å². The molecule has 5 heterocycles. The molecule has 37 heavy (non-hydrogen) atoms. The number of hydrogen-bond donors (Lipinski definition) is 0. The van der Waals surface area contributed by atoms with Crippen LogP contribution in [0.1, 0.15) is 29.7 Å². The number of pyridine rings is 2. The maximum Gasteiger partial charge on any atom is 0.244 e. The summed E-state index contributed by atoms with van der Waals surface area (Å²) in [6.07, 6.45) is 16.2. The molecule has 0 radical (unpaired) electrons. The standard InChI is InChI=1S/C8H6N2O.C5H4ClN.C3H3NO.C3H2NO.4CH4.3ClH.2Zn/c1-2-4-9-7(3-1)8-10-5-6-11-8;6-5-3-1-2-4-7-5;2*1-2-5-3-4-1;;;;;;;;;/h1-6H;1-4H;1-3H;1-2H;4*1H4;3*1H;;/q;;;-1;;;;;;;;2*+2/p-3. The summed E-state index contributed by atoms with van der Waals surface area (Å²) >= 11 is 5.35. The van der Waals surface area contributed by atoms with Crippen molar-refractivity contribution in [2.45, 2.75) is 29.7 Å². The van der Waals surface area contributed by atoms with Crippen LogP contribution >= 0.6 is 40.7 Å². The van der Waals surface area contributed by atoms with E-state index in [0.717, 1.165) is 23.0 Å². The Kier molecular flexibility index (Phi) is 44.6. The average Bonchev–Trinajstić information content (AvgIpc) is 3.68. The molecule has 0 aliphatic rings. The van der Waals surface area contributed by atoms with Crippen LogP contribution < -0.4 is 0 Å². The Balaban J connectivity index is -0.000000117. The Morgan fingerprint density at radius 1 is 0.757 bits per heavy atom. The third-order valence-electron chi connectivity index (χ3n) is 2.60. The van der Waals surface area contributed by atoms with E-state index in [9.17, 15) is 0 Å². The molecule has 0 saturated heterocycles. The van der Waals surface area contributed by atoms with Crippen LogP contribution in [0.25, 0.3) is 11.6 Å². The predicted octanol–water partition coefficient (Wildman–Crippen LogP) is 9.23. The molecule has 0 spiro atoms. The Morgan fingerprint density at radius 2 is 1.41 bits per heavy atom. The molecule has 0 fully saturated rings. The van der Waals surface area contributed by atoms with E-state index in [-0.39, 0.29) is 29.7 Å². The van der Waals surface area contributed by atoms with Crippen molar-refractivity contribution in [2.24, 2.45) is 0 Å². The summed E-state index contributed by atoms with van der Waals surface area (Å²) < 4.78 is 13.9. The van der Waals surface area contributed by atoms with E-state index in [2.05, 4.69) is 40.1 Å². The van der Waals surface area contributed by atoms with Gasteiger partial charge >= 0.3 is 61.5 Å². The van der Waals surface area contributed by atoms with Crippen molar-refractivity contribution in [2.75, 3.05) is 0 Å². The van der Waals surface area contributed by atoms with Gasteiger partial charge in [0.25, 0.3) is 0 Å². The first-order chi connectivity index (χ1) is 16.3. The van der Waals surface area contributed by atoms with Crippen molar-refractivity contribution in [1.29, 1.82) is 0 Å². The summed E-state index contributed by atoms with van der Waals surface area (Å²) in [4.78, 5) is 18.8. The Hall–Kier alpha value is -1.66. The van der Waals surface area contributed by atoms with E-state index >= 15 is 0 Å². The normalized spacial score (nSPS) is 7.19. The molecule has 0 saturated carbocycles. The van der Waals surface area contributed by atoms with Crippen LogP contribution in [0.2, 0.25) is 5.15 Å². The van der Waals surface area contributed by atoms with Gasteiger partial charge in [0.15, 0.2) is 6.39 Å². The number of oxazole rings is 3. The molecule has 0 bridgehead atoms. The number of aromatic nitrogens is 5. The molecule has 0 aliphatic heterocycles. The molecule has 0 unspecified atom stereocenters. The molecule has 5 aromatic rings. The van der Waals surface area contributed by atoms with Crippen LogP contribution in [0.3, 0.4) is 0 Å². The number of nitrogens with zero attached hydrogens (tertiary/aromatic N) is 5. The van der Waals surface area contributed by atoms with E-state index < -0.39 is 15.1 Å². The summed E-state index contributed by atoms with van der Waals surface area (Å²) in [5.41, 5.74) is 0.762. The van der Waals surface area contributed by atoms with Crippen LogP contribution in [-0.4, -0.2) is 24.9 Å². The molecule has 0 N–H and O–H groups in total. The van der Waals surface area contributed by atoms with Gasteiger partial charge in [-0.05, 0) is 30.5 Å². The summed E-state index contributed by atoms with van der Waals surface area (Å²) in [5.74, 6) is 0.561. The van der Waals surface area contributed by atoms with Crippen molar-refractivity contribution >= 4 is 40.7 Å². The zero-order valence-electron chi connectivity index (χ0n) is 17.0. The van der Waals surface area contributed by atoms with Gasteiger partial charge in [0.1, 0.15) is 29.8 Å². The third kappa shape index (κ3) is 28.8. The fraction of sp³-hybridized carbons (Fsp3) is 0.174.